The molecule has 4 aromatic rings. The molecule has 0 atom stereocenters. The number of hydrogen-bond acceptors (Lipinski definition) is 6. The molecule has 0 saturated heterocycles. The summed E-state index contributed by atoms with van der Waals surface area (Å²) in [6.45, 7) is 1.40. The Hall–Kier alpha value is -4.01. The number of rotatable bonds is 9. The second-order valence-corrected chi connectivity index (χ2v) is 7.18. The first kappa shape index (κ1) is 21.2. The molecule has 0 unspecified atom stereocenters. The van der Waals surface area contributed by atoms with Crippen LogP contribution in [0.5, 0.6) is 5.75 Å². The molecule has 0 radical (unpaired) electrons. The number of carbonyl (C=O) groups is 1. The van der Waals surface area contributed by atoms with E-state index < -0.39 is 0 Å². The predicted molar refractivity (Wildman–Crippen MR) is 119 cm³/mol. The minimum atomic E-state index is -0.268. The van der Waals surface area contributed by atoms with Crippen LogP contribution in [0.25, 0.3) is 11.0 Å². The summed E-state index contributed by atoms with van der Waals surface area (Å²) >= 11 is 0. The van der Waals surface area contributed by atoms with E-state index in [-0.39, 0.29) is 11.7 Å². The lowest BCUT2D eigenvalue weighted by Gasteiger charge is -2.08. The van der Waals surface area contributed by atoms with Gasteiger partial charge in [0, 0.05) is 13.1 Å². The molecule has 9 heteroatoms. The lowest BCUT2D eigenvalue weighted by Crippen LogP contribution is -2.28. The fourth-order valence-corrected chi connectivity index (χ4v) is 3.28. The second kappa shape index (κ2) is 9.86. The summed E-state index contributed by atoms with van der Waals surface area (Å²) in [6, 6.07) is 13.7. The SMILES string of the molecule is COc1ccc(CC(=O)NCCn2ncc3c(NCc4ccc(F)cc4)ncnc32)cc1. The lowest BCUT2D eigenvalue weighted by atomic mass is 10.1. The highest BCUT2D eigenvalue weighted by atomic mass is 19.1. The van der Waals surface area contributed by atoms with E-state index in [4.69, 9.17) is 4.74 Å². The summed E-state index contributed by atoms with van der Waals surface area (Å²) in [5, 5.41) is 11.3. The molecule has 32 heavy (non-hydrogen) atoms. The number of fused-ring (bicyclic) bond motifs is 1. The molecule has 0 aliphatic carbocycles. The van der Waals surface area contributed by atoms with E-state index in [0.29, 0.717) is 37.5 Å². The van der Waals surface area contributed by atoms with E-state index in [2.05, 4.69) is 25.7 Å². The van der Waals surface area contributed by atoms with E-state index in [9.17, 15) is 9.18 Å². The molecule has 2 N–H and O–H groups in total. The van der Waals surface area contributed by atoms with Gasteiger partial charge in [0.05, 0.1) is 31.7 Å². The third kappa shape index (κ3) is 5.18. The average molecular weight is 434 g/mol. The van der Waals surface area contributed by atoms with Crippen LogP contribution in [0.15, 0.2) is 61.1 Å². The van der Waals surface area contributed by atoms with Gasteiger partial charge in [-0.05, 0) is 35.4 Å². The fraction of sp³-hybridized carbons (Fsp3) is 0.217. The van der Waals surface area contributed by atoms with Crippen LogP contribution in [-0.4, -0.2) is 39.3 Å². The van der Waals surface area contributed by atoms with Gasteiger partial charge in [-0.15, -0.1) is 0 Å². The standard InChI is InChI=1S/C23H23FN6O2/c1-32-19-8-4-16(5-9-19)12-21(31)25-10-11-30-23-20(14-29-30)22(27-15-28-23)26-13-17-2-6-18(24)7-3-17/h2-9,14-15H,10-13H2,1H3,(H,25,31)(H,26,27,28). The topological polar surface area (TPSA) is 94.0 Å². The average Bonchev–Trinajstić information content (AvgIpc) is 3.23. The summed E-state index contributed by atoms with van der Waals surface area (Å²) in [7, 11) is 1.61. The molecule has 2 heterocycles. The van der Waals surface area contributed by atoms with Gasteiger partial charge in [-0.25, -0.2) is 19.0 Å². The van der Waals surface area contributed by atoms with Crippen molar-refractivity contribution in [1.82, 2.24) is 25.1 Å². The number of nitrogens with zero attached hydrogens (tertiary/aromatic N) is 4. The molecule has 0 fully saturated rings. The minimum absolute atomic E-state index is 0.0668. The zero-order valence-corrected chi connectivity index (χ0v) is 17.6. The number of carbonyl (C=O) groups excluding carboxylic acids is 1. The van der Waals surface area contributed by atoms with Crippen LogP contribution in [0.1, 0.15) is 11.1 Å². The van der Waals surface area contributed by atoms with E-state index in [0.717, 1.165) is 22.3 Å². The molecule has 0 bridgehead atoms. The first-order valence-electron chi connectivity index (χ1n) is 10.2. The number of hydrogen-bond donors (Lipinski definition) is 2. The Kier molecular flexibility index (Phi) is 6.54. The zero-order valence-electron chi connectivity index (χ0n) is 17.6. The van der Waals surface area contributed by atoms with Crippen molar-refractivity contribution in [2.75, 3.05) is 19.0 Å². The van der Waals surface area contributed by atoms with Crippen molar-refractivity contribution in [1.29, 1.82) is 0 Å². The largest absolute Gasteiger partial charge is 0.497 e. The lowest BCUT2D eigenvalue weighted by molar-refractivity contribution is -0.120. The van der Waals surface area contributed by atoms with Crippen LogP contribution in [0.4, 0.5) is 10.2 Å². The van der Waals surface area contributed by atoms with Gasteiger partial charge in [-0.1, -0.05) is 24.3 Å². The van der Waals surface area contributed by atoms with Crippen molar-refractivity contribution in [3.8, 4) is 5.75 Å². The van der Waals surface area contributed by atoms with E-state index in [1.165, 1.54) is 18.5 Å². The van der Waals surface area contributed by atoms with Gasteiger partial charge in [0.25, 0.3) is 0 Å². The summed E-state index contributed by atoms with van der Waals surface area (Å²) < 4.78 is 19.9. The fourth-order valence-electron chi connectivity index (χ4n) is 3.28. The Bertz CT molecular complexity index is 1190. The van der Waals surface area contributed by atoms with Crippen molar-refractivity contribution < 1.29 is 13.9 Å². The second-order valence-electron chi connectivity index (χ2n) is 7.18. The van der Waals surface area contributed by atoms with Gasteiger partial charge in [0.15, 0.2) is 5.65 Å². The van der Waals surface area contributed by atoms with E-state index >= 15 is 0 Å². The first-order chi connectivity index (χ1) is 15.6. The normalized spacial score (nSPS) is 10.8. The summed E-state index contributed by atoms with van der Waals surface area (Å²) in [5.41, 5.74) is 2.52. The molecule has 4 rings (SSSR count). The highest BCUT2D eigenvalue weighted by Gasteiger charge is 2.10. The van der Waals surface area contributed by atoms with Crippen LogP contribution >= 0.6 is 0 Å². The Morgan fingerprint density at radius 2 is 1.81 bits per heavy atom. The number of amides is 1. The first-order valence-corrected chi connectivity index (χ1v) is 10.2. The van der Waals surface area contributed by atoms with Crippen molar-refractivity contribution in [2.24, 2.45) is 0 Å². The van der Waals surface area contributed by atoms with Crippen molar-refractivity contribution in [3.05, 3.63) is 78.0 Å². The minimum Gasteiger partial charge on any atom is -0.497 e. The molecule has 0 spiro atoms. The van der Waals surface area contributed by atoms with Crippen LogP contribution in [0.3, 0.4) is 0 Å². The summed E-state index contributed by atoms with van der Waals surface area (Å²) in [6.07, 6.45) is 3.46. The van der Waals surface area contributed by atoms with Crippen LogP contribution in [0.2, 0.25) is 0 Å². The number of nitrogens with one attached hydrogen (secondary N) is 2. The number of halogens is 1. The van der Waals surface area contributed by atoms with Crippen LogP contribution < -0.4 is 15.4 Å². The Morgan fingerprint density at radius 1 is 1.06 bits per heavy atom. The maximum atomic E-state index is 13.1. The van der Waals surface area contributed by atoms with Gasteiger partial charge in [0.1, 0.15) is 23.7 Å². The molecule has 0 saturated carbocycles. The Morgan fingerprint density at radius 3 is 2.56 bits per heavy atom. The van der Waals surface area contributed by atoms with Gasteiger partial charge in [0.2, 0.25) is 5.91 Å². The third-order valence-corrected chi connectivity index (χ3v) is 4.98. The van der Waals surface area contributed by atoms with E-state index in [1.807, 2.05) is 24.3 Å². The number of aromatic nitrogens is 4. The van der Waals surface area contributed by atoms with Crippen molar-refractivity contribution in [3.63, 3.8) is 0 Å². The molecular weight excluding hydrogens is 411 g/mol. The molecule has 0 aliphatic heterocycles. The van der Waals surface area contributed by atoms with Gasteiger partial charge < -0.3 is 15.4 Å². The molecule has 1 amide bonds. The monoisotopic (exact) mass is 434 g/mol. The quantitative estimate of drug-likeness (QED) is 0.421. The summed E-state index contributed by atoms with van der Waals surface area (Å²) in [5.74, 6) is 1.07. The van der Waals surface area contributed by atoms with Crippen LogP contribution in [0, 0.1) is 5.82 Å². The van der Waals surface area contributed by atoms with Crippen LogP contribution in [-0.2, 0) is 24.3 Å². The molecule has 164 valence electrons. The maximum absolute atomic E-state index is 13.1. The Balaban J connectivity index is 1.33. The number of benzene rings is 2. The van der Waals surface area contributed by atoms with E-state index in [1.54, 1.807) is 30.1 Å². The molecule has 0 aliphatic rings. The maximum Gasteiger partial charge on any atom is 0.224 e. The number of ether oxygens (including phenoxy) is 1. The molecule has 2 aromatic heterocycles. The molecular formula is C23H23FN6O2. The highest BCUT2D eigenvalue weighted by molar-refractivity contribution is 5.86. The smallest absolute Gasteiger partial charge is 0.224 e. The number of methoxy groups -OCH3 is 1. The molecule has 2 aromatic carbocycles. The highest BCUT2D eigenvalue weighted by Crippen LogP contribution is 2.19. The molecule has 8 nitrogen and oxygen atoms in total. The predicted octanol–water partition coefficient (Wildman–Crippen LogP) is 2.95. The number of anilines is 1. The summed E-state index contributed by atoms with van der Waals surface area (Å²) in [4.78, 5) is 20.8. The van der Waals surface area contributed by atoms with Crippen molar-refractivity contribution in [2.45, 2.75) is 19.5 Å². The van der Waals surface area contributed by atoms with Gasteiger partial charge in [-0.3, -0.25) is 4.79 Å². The van der Waals surface area contributed by atoms with Crippen molar-refractivity contribution >= 4 is 22.8 Å². The van der Waals surface area contributed by atoms with Gasteiger partial charge in [-0.2, -0.15) is 5.10 Å². The van der Waals surface area contributed by atoms with Gasteiger partial charge >= 0.3 is 0 Å². The third-order valence-electron chi connectivity index (χ3n) is 4.98. The zero-order chi connectivity index (χ0) is 22.3. The Labute approximate surface area is 184 Å².